The van der Waals surface area contributed by atoms with E-state index in [2.05, 4.69) is 32.3 Å². The van der Waals surface area contributed by atoms with Gasteiger partial charge in [0.15, 0.2) is 0 Å². The molecular formula is C15H32N2O. The van der Waals surface area contributed by atoms with Gasteiger partial charge >= 0.3 is 0 Å². The van der Waals surface area contributed by atoms with Crippen molar-refractivity contribution in [3.05, 3.63) is 12.7 Å². The summed E-state index contributed by atoms with van der Waals surface area (Å²) >= 11 is 0. The van der Waals surface area contributed by atoms with E-state index in [1.54, 1.807) is 0 Å². The number of nitrogens with two attached hydrogens (primary N) is 1. The van der Waals surface area contributed by atoms with Crippen LogP contribution in [0, 0.1) is 11.3 Å². The summed E-state index contributed by atoms with van der Waals surface area (Å²) < 4.78 is 0. The fourth-order valence-corrected chi connectivity index (χ4v) is 2.39. The summed E-state index contributed by atoms with van der Waals surface area (Å²) in [5, 5.41) is 8.99. The van der Waals surface area contributed by atoms with E-state index in [0.29, 0.717) is 11.3 Å². The van der Waals surface area contributed by atoms with Crippen molar-refractivity contribution in [2.45, 2.75) is 40.0 Å². The Labute approximate surface area is 113 Å². The second-order valence-electron chi connectivity index (χ2n) is 6.10. The van der Waals surface area contributed by atoms with Gasteiger partial charge in [-0.2, -0.15) is 0 Å². The summed E-state index contributed by atoms with van der Waals surface area (Å²) in [5.74, 6) is 0.683. The van der Waals surface area contributed by atoms with Crippen LogP contribution in [0.2, 0.25) is 0 Å². The van der Waals surface area contributed by atoms with Crippen LogP contribution in [0.25, 0.3) is 0 Å². The molecule has 0 fully saturated rings. The third-order valence-corrected chi connectivity index (χ3v) is 3.57. The molecule has 0 rings (SSSR count). The van der Waals surface area contributed by atoms with E-state index >= 15 is 0 Å². The second-order valence-corrected chi connectivity index (χ2v) is 6.10. The average molecular weight is 256 g/mol. The minimum absolute atomic E-state index is 0.222. The molecule has 3 nitrogen and oxygen atoms in total. The molecule has 0 aliphatic carbocycles. The molecule has 0 heterocycles. The minimum Gasteiger partial charge on any atom is -0.395 e. The zero-order chi connectivity index (χ0) is 14.0. The molecule has 3 N–H and O–H groups in total. The third-order valence-electron chi connectivity index (χ3n) is 3.57. The normalized spacial score (nSPS) is 13.9. The van der Waals surface area contributed by atoms with E-state index in [9.17, 15) is 0 Å². The van der Waals surface area contributed by atoms with Crippen LogP contribution >= 0.6 is 0 Å². The summed E-state index contributed by atoms with van der Waals surface area (Å²) in [6.07, 6.45) is 5.37. The Hall–Kier alpha value is -0.380. The van der Waals surface area contributed by atoms with Crippen LogP contribution in [0.4, 0.5) is 0 Å². The van der Waals surface area contributed by atoms with Crippen molar-refractivity contribution in [2.75, 3.05) is 32.8 Å². The van der Waals surface area contributed by atoms with Crippen molar-refractivity contribution in [3.8, 4) is 0 Å². The Morgan fingerprint density at radius 1 is 1.28 bits per heavy atom. The lowest BCUT2D eigenvalue weighted by molar-refractivity contribution is 0.180. The SMILES string of the molecule is C=CCN(CCO)CCCC(CCN)C(C)(C)C. The molecule has 0 aliphatic rings. The fourth-order valence-electron chi connectivity index (χ4n) is 2.39. The summed E-state index contributed by atoms with van der Waals surface area (Å²) in [6.45, 7) is 14.3. The number of hydrogen-bond donors (Lipinski definition) is 2. The maximum Gasteiger partial charge on any atom is 0.0558 e. The first kappa shape index (κ1) is 17.6. The van der Waals surface area contributed by atoms with Crippen LogP contribution in [-0.2, 0) is 0 Å². The van der Waals surface area contributed by atoms with Crippen LogP contribution < -0.4 is 5.73 Å². The Bertz CT molecular complexity index is 211. The van der Waals surface area contributed by atoms with Gasteiger partial charge in [0.2, 0.25) is 0 Å². The Morgan fingerprint density at radius 3 is 2.39 bits per heavy atom. The van der Waals surface area contributed by atoms with Crippen molar-refractivity contribution in [1.29, 1.82) is 0 Å². The number of aliphatic hydroxyl groups excluding tert-OH is 1. The number of rotatable bonds is 10. The molecule has 1 unspecified atom stereocenters. The molecule has 0 saturated carbocycles. The van der Waals surface area contributed by atoms with Crippen LogP contribution in [0.5, 0.6) is 0 Å². The minimum atomic E-state index is 0.222. The van der Waals surface area contributed by atoms with E-state index in [0.717, 1.165) is 39.0 Å². The first-order chi connectivity index (χ1) is 8.45. The predicted molar refractivity (Wildman–Crippen MR) is 79.6 cm³/mol. The highest BCUT2D eigenvalue weighted by Gasteiger charge is 2.23. The Morgan fingerprint density at radius 2 is 1.94 bits per heavy atom. The van der Waals surface area contributed by atoms with E-state index in [1.807, 2.05) is 6.08 Å². The van der Waals surface area contributed by atoms with E-state index < -0.39 is 0 Å². The van der Waals surface area contributed by atoms with Gasteiger partial charge in [-0.05, 0) is 43.7 Å². The lowest BCUT2D eigenvalue weighted by Crippen LogP contribution is -2.30. The first-order valence-electron chi connectivity index (χ1n) is 7.09. The predicted octanol–water partition coefficient (Wildman–Crippen LogP) is 2.26. The molecule has 3 heteroatoms. The van der Waals surface area contributed by atoms with Crippen LogP contribution in [-0.4, -0.2) is 42.8 Å². The van der Waals surface area contributed by atoms with Crippen molar-refractivity contribution in [1.82, 2.24) is 4.90 Å². The molecular weight excluding hydrogens is 224 g/mol. The lowest BCUT2D eigenvalue weighted by atomic mass is 9.76. The standard InChI is InChI=1S/C15H32N2O/c1-5-10-17(12-13-18)11-6-7-14(8-9-16)15(2,3)4/h5,14,18H,1,6-13,16H2,2-4H3. The molecule has 108 valence electrons. The maximum absolute atomic E-state index is 8.99. The fraction of sp³-hybridized carbons (Fsp3) is 0.867. The quantitative estimate of drug-likeness (QED) is 0.589. The van der Waals surface area contributed by atoms with Gasteiger partial charge in [0.05, 0.1) is 6.61 Å². The van der Waals surface area contributed by atoms with Crippen molar-refractivity contribution in [2.24, 2.45) is 17.1 Å². The average Bonchev–Trinajstić information content (AvgIpc) is 2.27. The van der Waals surface area contributed by atoms with Crippen LogP contribution in [0.3, 0.4) is 0 Å². The van der Waals surface area contributed by atoms with Gasteiger partial charge in [0, 0.05) is 13.1 Å². The summed E-state index contributed by atoms with van der Waals surface area (Å²) in [6, 6.07) is 0. The molecule has 1 atom stereocenters. The molecule has 0 bridgehead atoms. The summed E-state index contributed by atoms with van der Waals surface area (Å²) in [7, 11) is 0. The monoisotopic (exact) mass is 256 g/mol. The van der Waals surface area contributed by atoms with Gasteiger partial charge in [-0.1, -0.05) is 26.8 Å². The van der Waals surface area contributed by atoms with E-state index in [4.69, 9.17) is 10.8 Å². The number of hydrogen-bond acceptors (Lipinski definition) is 3. The Balaban J connectivity index is 4.06. The number of nitrogens with zero attached hydrogens (tertiary/aromatic N) is 1. The molecule has 0 aromatic heterocycles. The molecule has 0 spiro atoms. The smallest absolute Gasteiger partial charge is 0.0558 e. The van der Waals surface area contributed by atoms with Gasteiger partial charge in [0.1, 0.15) is 0 Å². The molecule has 0 aliphatic heterocycles. The zero-order valence-electron chi connectivity index (χ0n) is 12.5. The van der Waals surface area contributed by atoms with Crippen molar-refractivity contribution < 1.29 is 5.11 Å². The first-order valence-corrected chi connectivity index (χ1v) is 7.09. The van der Waals surface area contributed by atoms with Gasteiger partial charge in [-0.3, -0.25) is 4.90 Å². The van der Waals surface area contributed by atoms with Gasteiger partial charge < -0.3 is 10.8 Å². The Kier molecular flexibility index (Phi) is 9.34. The van der Waals surface area contributed by atoms with Gasteiger partial charge in [0.25, 0.3) is 0 Å². The molecule has 18 heavy (non-hydrogen) atoms. The second kappa shape index (κ2) is 9.54. The third kappa shape index (κ3) is 7.85. The molecule has 0 amide bonds. The van der Waals surface area contributed by atoms with Gasteiger partial charge in [-0.25, -0.2) is 0 Å². The molecule has 0 aromatic carbocycles. The zero-order valence-corrected chi connectivity index (χ0v) is 12.5. The highest BCUT2D eigenvalue weighted by Crippen LogP contribution is 2.32. The largest absolute Gasteiger partial charge is 0.395 e. The lowest BCUT2D eigenvalue weighted by Gasteiger charge is -2.31. The summed E-state index contributed by atoms with van der Waals surface area (Å²) in [4.78, 5) is 2.25. The molecule has 0 aromatic rings. The van der Waals surface area contributed by atoms with Crippen molar-refractivity contribution >= 4 is 0 Å². The highest BCUT2D eigenvalue weighted by molar-refractivity contribution is 4.77. The van der Waals surface area contributed by atoms with Gasteiger partial charge in [-0.15, -0.1) is 6.58 Å². The van der Waals surface area contributed by atoms with E-state index in [-0.39, 0.29) is 6.61 Å². The maximum atomic E-state index is 8.99. The summed E-state index contributed by atoms with van der Waals surface area (Å²) in [5.41, 5.74) is 6.03. The van der Waals surface area contributed by atoms with Crippen molar-refractivity contribution in [3.63, 3.8) is 0 Å². The number of aliphatic hydroxyl groups is 1. The topological polar surface area (TPSA) is 49.5 Å². The van der Waals surface area contributed by atoms with Crippen LogP contribution in [0.15, 0.2) is 12.7 Å². The molecule has 0 saturated heterocycles. The van der Waals surface area contributed by atoms with Crippen LogP contribution in [0.1, 0.15) is 40.0 Å². The molecule has 0 radical (unpaired) electrons. The van der Waals surface area contributed by atoms with E-state index in [1.165, 1.54) is 6.42 Å². The highest BCUT2D eigenvalue weighted by atomic mass is 16.3.